The number of hydrogen-bond donors (Lipinski definition) is 1. The van der Waals surface area contributed by atoms with E-state index in [-0.39, 0.29) is 17.5 Å². The van der Waals surface area contributed by atoms with Crippen molar-refractivity contribution in [2.75, 3.05) is 18.4 Å². The molecule has 2 heterocycles. The normalized spacial score (nSPS) is 14.2. The molecule has 3 rings (SSSR count). The molecule has 25 heavy (non-hydrogen) atoms. The summed E-state index contributed by atoms with van der Waals surface area (Å²) in [5.74, 6) is -0.414. The molecule has 1 fully saturated rings. The van der Waals surface area contributed by atoms with E-state index in [1.165, 1.54) is 6.20 Å². The maximum atomic E-state index is 12.6. The standard InChI is InChI=1S/C19H20ClN3O2/c1-13-5-6-15(12-16(13)20)22-18(24)17-11-14(7-8-21-17)19(25)23-9-3-2-4-10-23/h5-8,11-12H,2-4,9-10H2,1H3,(H,22,24). The summed E-state index contributed by atoms with van der Waals surface area (Å²) in [7, 11) is 0. The first-order valence-corrected chi connectivity index (χ1v) is 8.75. The number of amides is 2. The number of halogens is 1. The second-order valence-electron chi connectivity index (χ2n) is 6.20. The Balaban J connectivity index is 1.74. The van der Waals surface area contributed by atoms with Crippen LogP contribution < -0.4 is 5.32 Å². The summed E-state index contributed by atoms with van der Waals surface area (Å²) in [6.07, 6.45) is 4.71. The van der Waals surface area contributed by atoms with E-state index in [2.05, 4.69) is 10.3 Å². The molecule has 0 unspecified atom stereocenters. The molecule has 0 spiro atoms. The molecular formula is C19H20ClN3O2. The molecule has 1 aromatic carbocycles. The summed E-state index contributed by atoms with van der Waals surface area (Å²) in [6.45, 7) is 3.43. The minimum absolute atomic E-state index is 0.0467. The van der Waals surface area contributed by atoms with Crippen molar-refractivity contribution in [1.82, 2.24) is 9.88 Å². The third-order valence-electron chi connectivity index (χ3n) is 4.31. The van der Waals surface area contributed by atoms with Gasteiger partial charge in [0, 0.05) is 35.6 Å². The van der Waals surface area contributed by atoms with Gasteiger partial charge in [-0.05, 0) is 56.0 Å². The van der Waals surface area contributed by atoms with E-state index in [4.69, 9.17) is 11.6 Å². The molecule has 1 N–H and O–H groups in total. The molecule has 0 radical (unpaired) electrons. The Bertz CT molecular complexity index is 801. The average Bonchev–Trinajstić information content (AvgIpc) is 2.65. The van der Waals surface area contributed by atoms with Gasteiger partial charge in [-0.25, -0.2) is 0 Å². The number of nitrogens with zero attached hydrogens (tertiary/aromatic N) is 2. The molecule has 1 aliphatic rings. The van der Waals surface area contributed by atoms with Crippen molar-refractivity contribution in [3.8, 4) is 0 Å². The first kappa shape index (κ1) is 17.4. The van der Waals surface area contributed by atoms with Crippen LogP contribution in [0.2, 0.25) is 5.02 Å². The molecular weight excluding hydrogens is 338 g/mol. The Morgan fingerprint density at radius 3 is 2.60 bits per heavy atom. The van der Waals surface area contributed by atoms with Crippen molar-refractivity contribution in [1.29, 1.82) is 0 Å². The number of likely N-dealkylation sites (tertiary alicyclic amines) is 1. The summed E-state index contributed by atoms with van der Waals surface area (Å²) < 4.78 is 0. The van der Waals surface area contributed by atoms with Crippen molar-refractivity contribution in [3.05, 3.63) is 58.4 Å². The number of anilines is 1. The SMILES string of the molecule is Cc1ccc(NC(=O)c2cc(C(=O)N3CCCCC3)ccn2)cc1Cl. The molecule has 0 atom stereocenters. The highest BCUT2D eigenvalue weighted by Crippen LogP contribution is 2.20. The van der Waals surface area contributed by atoms with E-state index in [0.29, 0.717) is 16.3 Å². The number of rotatable bonds is 3. The van der Waals surface area contributed by atoms with Gasteiger partial charge in [-0.15, -0.1) is 0 Å². The van der Waals surface area contributed by atoms with Crippen molar-refractivity contribution >= 4 is 29.1 Å². The predicted octanol–water partition coefficient (Wildman–Crippen LogP) is 3.92. The first-order valence-electron chi connectivity index (χ1n) is 8.37. The van der Waals surface area contributed by atoms with Gasteiger partial charge in [-0.1, -0.05) is 17.7 Å². The van der Waals surface area contributed by atoms with Gasteiger partial charge in [0.05, 0.1) is 0 Å². The van der Waals surface area contributed by atoms with Crippen LogP contribution >= 0.6 is 11.6 Å². The van der Waals surface area contributed by atoms with E-state index in [0.717, 1.165) is 37.9 Å². The minimum Gasteiger partial charge on any atom is -0.339 e. The first-order chi connectivity index (χ1) is 12.0. The van der Waals surface area contributed by atoms with Crippen molar-refractivity contribution in [2.45, 2.75) is 26.2 Å². The summed E-state index contributed by atoms with van der Waals surface area (Å²) in [4.78, 5) is 30.9. The zero-order valence-corrected chi connectivity index (χ0v) is 14.8. The van der Waals surface area contributed by atoms with Gasteiger partial charge >= 0.3 is 0 Å². The van der Waals surface area contributed by atoms with Gasteiger partial charge in [-0.2, -0.15) is 0 Å². The average molecular weight is 358 g/mol. The second-order valence-corrected chi connectivity index (χ2v) is 6.61. The van der Waals surface area contributed by atoms with Crippen LogP contribution in [0.3, 0.4) is 0 Å². The number of pyridine rings is 1. The van der Waals surface area contributed by atoms with Crippen LogP contribution in [0.5, 0.6) is 0 Å². The lowest BCUT2D eigenvalue weighted by atomic mass is 10.1. The van der Waals surface area contributed by atoms with Gasteiger partial charge in [-0.3, -0.25) is 14.6 Å². The lowest BCUT2D eigenvalue weighted by molar-refractivity contribution is 0.0724. The van der Waals surface area contributed by atoms with Gasteiger partial charge < -0.3 is 10.2 Å². The number of piperidine rings is 1. The molecule has 6 heteroatoms. The summed E-state index contributed by atoms with van der Waals surface area (Å²) >= 11 is 6.08. The highest BCUT2D eigenvalue weighted by molar-refractivity contribution is 6.31. The maximum absolute atomic E-state index is 12.6. The second kappa shape index (κ2) is 7.66. The minimum atomic E-state index is -0.367. The van der Waals surface area contributed by atoms with E-state index >= 15 is 0 Å². The largest absolute Gasteiger partial charge is 0.339 e. The van der Waals surface area contributed by atoms with Crippen LogP contribution in [0.1, 0.15) is 45.7 Å². The highest BCUT2D eigenvalue weighted by atomic mass is 35.5. The lowest BCUT2D eigenvalue weighted by Gasteiger charge is -2.26. The maximum Gasteiger partial charge on any atom is 0.274 e. The molecule has 1 saturated heterocycles. The smallest absolute Gasteiger partial charge is 0.274 e. The molecule has 1 aliphatic heterocycles. The summed E-state index contributed by atoms with van der Waals surface area (Å²) in [6, 6.07) is 8.50. The zero-order valence-electron chi connectivity index (χ0n) is 14.1. The molecule has 0 saturated carbocycles. The predicted molar refractivity (Wildman–Crippen MR) is 98.1 cm³/mol. The number of nitrogens with one attached hydrogen (secondary N) is 1. The molecule has 0 bridgehead atoms. The summed E-state index contributed by atoms with van der Waals surface area (Å²) in [5, 5.41) is 3.34. The van der Waals surface area contributed by atoms with Crippen LogP contribution in [0, 0.1) is 6.92 Å². The van der Waals surface area contributed by atoms with E-state index < -0.39 is 0 Å². The Hall–Kier alpha value is -2.40. The molecule has 0 aliphatic carbocycles. The fourth-order valence-corrected chi connectivity index (χ4v) is 3.01. The fourth-order valence-electron chi connectivity index (χ4n) is 2.83. The van der Waals surface area contributed by atoms with Crippen LogP contribution in [0.4, 0.5) is 5.69 Å². The van der Waals surface area contributed by atoms with Gasteiger partial charge in [0.2, 0.25) is 0 Å². The molecule has 1 aromatic heterocycles. The Kier molecular flexibility index (Phi) is 5.34. The Morgan fingerprint density at radius 2 is 1.88 bits per heavy atom. The molecule has 5 nitrogen and oxygen atoms in total. The third-order valence-corrected chi connectivity index (χ3v) is 4.72. The van der Waals surface area contributed by atoms with Crippen LogP contribution in [-0.4, -0.2) is 34.8 Å². The van der Waals surface area contributed by atoms with E-state index in [1.54, 1.807) is 24.3 Å². The number of benzene rings is 1. The Morgan fingerprint density at radius 1 is 1.12 bits per heavy atom. The fraction of sp³-hybridized carbons (Fsp3) is 0.316. The van der Waals surface area contributed by atoms with Crippen LogP contribution in [0.25, 0.3) is 0 Å². The Labute approximate surface area is 152 Å². The third kappa shape index (κ3) is 4.17. The molecule has 130 valence electrons. The number of hydrogen-bond acceptors (Lipinski definition) is 3. The van der Waals surface area contributed by atoms with E-state index in [9.17, 15) is 9.59 Å². The van der Waals surface area contributed by atoms with Gasteiger partial charge in [0.1, 0.15) is 5.69 Å². The highest BCUT2D eigenvalue weighted by Gasteiger charge is 2.19. The van der Waals surface area contributed by atoms with E-state index in [1.807, 2.05) is 17.9 Å². The van der Waals surface area contributed by atoms with Crippen molar-refractivity contribution in [2.24, 2.45) is 0 Å². The number of carbonyl (C=O) groups excluding carboxylic acids is 2. The quantitative estimate of drug-likeness (QED) is 0.905. The van der Waals surface area contributed by atoms with Crippen LogP contribution in [0.15, 0.2) is 36.5 Å². The van der Waals surface area contributed by atoms with Crippen molar-refractivity contribution in [3.63, 3.8) is 0 Å². The number of aryl methyl sites for hydroxylation is 1. The topological polar surface area (TPSA) is 62.3 Å². The van der Waals surface area contributed by atoms with Crippen molar-refractivity contribution < 1.29 is 9.59 Å². The van der Waals surface area contributed by atoms with Gasteiger partial charge in [0.25, 0.3) is 11.8 Å². The lowest BCUT2D eigenvalue weighted by Crippen LogP contribution is -2.35. The van der Waals surface area contributed by atoms with Gasteiger partial charge in [0.15, 0.2) is 0 Å². The number of carbonyl (C=O) groups is 2. The monoisotopic (exact) mass is 357 g/mol. The molecule has 2 aromatic rings. The van der Waals surface area contributed by atoms with Crippen LogP contribution in [-0.2, 0) is 0 Å². The summed E-state index contributed by atoms with van der Waals surface area (Å²) in [5.41, 5.74) is 2.23. The number of aromatic nitrogens is 1. The zero-order chi connectivity index (χ0) is 17.8. The molecule has 2 amide bonds.